The van der Waals surface area contributed by atoms with Crippen molar-refractivity contribution in [3.8, 4) is 5.75 Å². The van der Waals surface area contributed by atoms with Crippen molar-refractivity contribution >= 4 is 35.8 Å². The Bertz CT molecular complexity index is 887. The van der Waals surface area contributed by atoms with Gasteiger partial charge in [-0.1, -0.05) is 18.2 Å². The number of nitrogens with zero attached hydrogens (tertiary/aromatic N) is 4. The molecule has 0 unspecified atom stereocenters. The normalized spacial score (nSPS) is 14.5. The van der Waals surface area contributed by atoms with Crippen molar-refractivity contribution < 1.29 is 9.47 Å². The molecule has 8 nitrogen and oxygen atoms in total. The zero-order valence-electron chi connectivity index (χ0n) is 20.1. The van der Waals surface area contributed by atoms with E-state index in [-0.39, 0.29) is 24.0 Å². The second-order valence-corrected chi connectivity index (χ2v) is 8.01. The third-order valence-corrected chi connectivity index (χ3v) is 5.55. The number of rotatable bonds is 9. The molecule has 1 fully saturated rings. The van der Waals surface area contributed by atoms with Crippen molar-refractivity contribution in [3.05, 3.63) is 53.2 Å². The SMILES string of the molecule is CN=C(NCc1ccc(C)cc1OCCOC)NCc1cccnc1N1CCN(C)CC1.I. The maximum atomic E-state index is 5.90. The average molecular weight is 569 g/mol. The van der Waals surface area contributed by atoms with Crippen LogP contribution in [0, 0.1) is 6.92 Å². The van der Waals surface area contributed by atoms with Gasteiger partial charge in [0.15, 0.2) is 5.96 Å². The lowest BCUT2D eigenvalue weighted by atomic mass is 10.1. The summed E-state index contributed by atoms with van der Waals surface area (Å²) in [5, 5.41) is 6.83. The zero-order valence-corrected chi connectivity index (χ0v) is 22.5. The number of benzene rings is 1. The smallest absolute Gasteiger partial charge is 0.191 e. The van der Waals surface area contributed by atoms with E-state index in [9.17, 15) is 0 Å². The molecule has 33 heavy (non-hydrogen) atoms. The van der Waals surface area contributed by atoms with Crippen LogP contribution in [0.3, 0.4) is 0 Å². The molecule has 0 radical (unpaired) electrons. The number of nitrogens with one attached hydrogen (secondary N) is 2. The number of likely N-dealkylation sites (N-methyl/N-ethyl adjacent to an activating group) is 1. The van der Waals surface area contributed by atoms with Crippen molar-refractivity contribution in [1.29, 1.82) is 0 Å². The maximum absolute atomic E-state index is 5.90. The standard InChI is InChI=1S/C24H36N6O2.HI/c1-19-7-8-20(22(16-19)32-15-14-31-4)17-27-24(25-2)28-18-21-6-5-9-26-23(21)30-12-10-29(3)11-13-30;/h5-9,16H,10-15,17-18H2,1-4H3,(H2,25,27,28);1H. The van der Waals surface area contributed by atoms with Gasteiger partial charge in [-0.25, -0.2) is 4.98 Å². The number of pyridine rings is 1. The third-order valence-electron chi connectivity index (χ3n) is 5.55. The van der Waals surface area contributed by atoms with Gasteiger partial charge in [0.25, 0.3) is 0 Å². The Morgan fingerprint density at radius 3 is 2.48 bits per heavy atom. The molecule has 2 heterocycles. The van der Waals surface area contributed by atoms with Gasteiger partial charge in [-0.3, -0.25) is 4.99 Å². The number of piperazine rings is 1. The summed E-state index contributed by atoms with van der Waals surface area (Å²) in [7, 11) is 5.62. The first-order valence-electron chi connectivity index (χ1n) is 11.1. The zero-order chi connectivity index (χ0) is 22.8. The van der Waals surface area contributed by atoms with E-state index in [1.165, 1.54) is 5.56 Å². The highest BCUT2D eigenvalue weighted by atomic mass is 127. The molecule has 0 spiro atoms. The van der Waals surface area contributed by atoms with Crippen molar-refractivity contribution in [3.63, 3.8) is 0 Å². The molecular formula is C24H37IN6O2. The second kappa shape index (κ2) is 14.2. The lowest BCUT2D eigenvalue weighted by Crippen LogP contribution is -2.45. The van der Waals surface area contributed by atoms with Crippen molar-refractivity contribution in [2.75, 3.05) is 65.5 Å². The molecule has 1 aliphatic rings. The number of anilines is 1. The minimum absolute atomic E-state index is 0. The van der Waals surface area contributed by atoms with Crippen LogP contribution < -0.4 is 20.3 Å². The molecule has 3 rings (SSSR count). The minimum Gasteiger partial charge on any atom is -0.491 e. The molecule has 1 aliphatic heterocycles. The Balaban J connectivity index is 0.00000385. The Kier molecular flexibility index (Phi) is 11.7. The first kappa shape index (κ1) is 27.1. The number of aryl methyl sites for hydroxylation is 1. The van der Waals surface area contributed by atoms with Crippen LogP contribution in [0.25, 0.3) is 0 Å². The molecule has 1 aromatic carbocycles. The Hall–Kier alpha value is -2.11. The molecule has 182 valence electrons. The van der Waals surface area contributed by atoms with Crippen molar-refractivity contribution in [2.45, 2.75) is 20.0 Å². The molecule has 2 aromatic rings. The fraction of sp³-hybridized carbons (Fsp3) is 0.500. The number of hydrogen-bond donors (Lipinski definition) is 2. The van der Waals surface area contributed by atoms with E-state index in [0.29, 0.717) is 26.3 Å². The number of guanidine groups is 1. The van der Waals surface area contributed by atoms with Gasteiger partial charge in [0.2, 0.25) is 0 Å². The van der Waals surface area contributed by atoms with Gasteiger partial charge in [0.05, 0.1) is 6.61 Å². The predicted molar refractivity (Wildman–Crippen MR) is 145 cm³/mol. The van der Waals surface area contributed by atoms with Gasteiger partial charge in [0, 0.05) is 70.7 Å². The molecule has 9 heteroatoms. The molecule has 1 aromatic heterocycles. The van der Waals surface area contributed by atoms with Gasteiger partial charge in [-0.05, 0) is 31.7 Å². The van der Waals surface area contributed by atoms with Crippen LogP contribution >= 0.6 is 24.0 Å². The van der Waals surface area contributed by atoms with Crippen LogP contribution in [0.15, 0.2) is 41.5 Å². The van der Waals surface area contributed by atoms with Crippen LogP contribution in [0.1, 0.15) is 16.7 Å². The topological polar surface area (TPSA) is 74.2 Å². The summed E-state index contributed by atoms with van der Waals surface area (Å²) in [6.45, 7) is 8.50. The number of aromatic nitrogens is 1. The average Bonchev–Trinajstić information content (AvgIpc) is 2.81. The molecule has 0 saturated carbocycles. The van der Waals surface area contributed by atoms with E-state index in [1.54, 1.807) is 14.2 Å². The number of aliphatic imine (C=N–C) groups is 1. The molecule has 2 N–H and O–H groups in total. The summed E-state index contributed by atoms with van der Waals surface area (Å²) in [4.78, 5) is 13.8. The summed E-state index contributed by atoms with van der Waals surface area (Å²) < 4.78 is 11.0. The molecule has 0 aliphatic carbocycles. The minimum atomic E-state index is 0. The fourth-order valence-corrected chi connectivity index (χ4v) is 3.63. The van der Waals surface area contributed by atoms with Gasteiger partial charge in [-0.15, -0.1) is 24.0 Å². The first-order chi connectivity index (χ1) is 15.6. The van der Waals surface area contributed by atoms with E-state index in [2.05, 4.69) is 68.6 Å². The highest BCUT2D eigenvalue weighted by molar-refractivity contribution is 14.0. The third kappa shape index (κ3) is 8.31. The number of methoxy groups -OCH3 is 1. The van der Waals surface area contributed by atoms with Crippen LogP contribution in [0.2, 0.25) is 0 Å². The van der Waals surface area contributed by atoms with E-state index in [4.69, 9.17) is 9.47 Å². The second-order valence-electron chi connectivity index (χ2n) is 8.01. The molecule has 0 amide bonds. The highest BCUT2D eigenvalue weighted by Crippen LogP contribution is 2.21. The predicted octanol–water partition coefficient (Wildman–Crippen LogP) is 2.65. The summed E-state index contributed by atoms with van der Waals surface area (Å²) in [5.74, 6) is 2.66. The van der Waals surface area contributed by atoms with Gasteiger partial charge in [0.1, 0.15) is 18.2 Å². The van der Waals surface area contributed by atoms with Crippen molar-refractivity contribution in [1.82, 2.24) is 20.5 Å². The lowest BCUT2D eigenvalue weighted by Gasteiger charge is -2.34. The highest BCUT2D eigenvalue weighted by Gasteiger charge is 2.18. The van der Waals surface area contributed by atoms with Gasteiger partial charge < -0.3 is 29.9 Å². The van der Waals surface area contributed by atoms with Crippen molar-refractivity contribution in [2.24, 2.45) is 4.99 Å². The van der Waals surface area contributed by atoms with Crippen LogP contribution in [0.4, 0.5) is 5.82 Å². The van der Waals surface area contributed by atoms with Gasteiger partial charge >= 0.3 is 0 Å². The summed E-state index contributed by atoms with van der Waals surface area (Å²) in [6.07, 6.45) is 1.87. The van der Waals surface area contributed by atoms with E-state index in [0.717, 1.165) is 54.8 Å². The quantitative estimate of drug-likeness (QED) is 0.209. The van der Waals surface area contributed by atoms with E-state index < -0.39 is 0 Å². The fourth-order valence-electron chi connectivity index (χ4n) is 3.63. The monoisotopic (exact) mass is 568 g/mol. The lowest BCUT2D eigenvalue weighted by molar-refractivity contribution is 0.145. The number of hydrogen-bond acceptors (Lipinski definition) is 6. The summed E-state index contributed by atoms with van der Waals surface area (Å²) in [5.41, 5.74) is 3.41. The molecule has 0 bridgehead atoms. The number of ether oxygens (including phenoxy) is 2. The van der Waals surface area contributed by atoms with Crippen LogP contribution in [-0.2, 0) is 17.8 Å². The molecule has 1 saturated heterocycles. The number of halogens is 1. The Morgan fingerprint density at radius 1 is 1.06 bits per heavy atom. The van der Waals surface area contributed by atoms with Gasteiger partial charge in [-0.2, -0.15) is 0 Å². The Labute approximate surface area is 214 Å². The summed E-state index contributed by atoms with van der Waals surface area (Å²) in [6, 6.07) is 10.4. The van der Waals surface area contributed by atoms with Crippen LogP contribution in [0.5, 0.6) is 5.75 Å². The summed E-state index contributed by atoms with van der Waals surface area (Å²) >= 11 is 0. The largest absolute Gasteiger partial charge is 0.491 e. The maximum Gasteiger partial charge on any atom is 0.191 e. The Morgan fingerprint density at radius 2 is 1.79 bits per heavy atom. The van der Waals surface area contributed by atoms with E-state index in [1.807, 2.05) is 12.3 Å². The first-order valence-corrected chi connectivity index (χ1v) is 11.1. The molecular weight excluding hydrogens is 531 g/mol. The van der Waals surface area contributed by atoms with E-state index >= 15 is 0 Å². The molecule has 0 atom stereocenters. The van der Waals surface area contributed by atoms with Crippen LogP contribution in [-0.4, -0.2) is 76.4 Å².